The van der Waals surface area contributed by atoms with Gasteiger partial charge in [0.05, 0.1) is 0 Å². The molecule has 59 heavy (non-hydrogen) atoms. The molecule has 1 unspecified atom stereocenters. The summed E-state index contributed by atoms with van der Waals surface area (Å²) in [6.07, 6.45) is 61.2. The minimum Gasteiger partial charge on any atom is -0.462 e. The van der Waals surface area contributed by atoms with Gasteiger partial charge in [-0.25, -0.2) is 0 Å². The maximum atomic E-state index is 12.7. The zero-order chi connectivity index (χ0) is 43.0. The molecule has 0 aromatic rings. The zero-order valence-electron chi connectivity index (χ0n) is 38.0. The lowest BCUT2D eigenvalue weighted by molar-refractivity contribution is -0.167. The topological polar surface area (TPSA) is 78.9 Å². The fourth-order valence-electron chi connectivity index (χ4n) is 6.06. The molecule has 0 saturated heterocycles. The lowest BCUT2D eigenvalue weighted by atomic mass is 10.1. The number of carbonyl (C=O) groups is 3. The highest BCUT2D eigenvalue weighted by Crippen LogP contribution is 2.12. The summed E-state index contributed by atoms with van der Waals surface area (Å²) in [4.78, 5) is 37.8. The molecule has 0 bridgehead atoms. The van der Waals surface area contributed by atoms with Crippen molar-refractivity contribution >= 4 is 17.9 Å². The van der Waals surface area contributed by atoms with Gasteiger partial charge in [-0.05, 0) is 103 Å². The molecule has 0 N–H and O–H groups in total. The highest BCUT2D eigenvalue weighted by atomic mass is 16.6. The summed E-state index contributed by atoms with van der Waals surface area (Å²) in [6.45, 7) is 6.29. The molecule has 0 saturated carbocycles. The molecule has 0 aromatic heterocycles. The van der Waals surface area contributed by atoms with Gasteiger partial charge in [-0.15, -0.1) is 0 Å². The highest BCUT2D eigenvalue weighted by Gasteiger charge is 2.19. The molecule has 0 aliphatic rings. The van der Waals surface area contributed by atoms with E-state index in [-0.39, 0.29) is 44.0 Å². The smallest absolute Gasteiger partial charge is 0.306 e. The Morgan fingerprint density at radius 1 is 0.373 bits per heavy atom. The van der Waals surface area contributed by atoms with Crippen LogP contribution in [-0.4, -0.2) is 37.2 Å². The van der Waals surface area contributed by atoms with Gasteiger partial charge in [0, 0.05) is 19.3 Å². The fourth-order valence-corrected chi connectivity index (χ4v) is 6.06. The Morgan fingerprint density at radius 2 is 0.729 bits per heavy atom. The third kappa shape index (κ3) is 45.3. The van der Waals surface area contributed by atoms with Crippen molar-refractivity contribution in [1.29, 1.82) is 0 Å². The normalized spacial score (nSPS) is 12.9. The van der Waals surface area contributed by atoms with Crippen LogP contribution in [0.25, 0.3) is 0 Å². The molecule has 6 heteroatoms. The van der Waals surface area contributed by atoms with Gasteiger partial charge in [0.1, 0.15) is 13.2 Å². The number of rotatable bonds is 41. The Morgan fingerprint density at radius 3 is 1.22 bits per heavy atom. The van der Waals surface area contributed by atoms with Crippen LogP contribution in [0, 0.1) is 0 Å². The number of ether oxygens (including phenoxy) is 3. The van der Waals surface area contributed by atoms with Crippen LogP contribution in [-0.2, 0) is 28.6 Å². The summed E-state index contributed by atoms with van der Waals surface area (Å²) in [5.74, 6) is -1.03. The average Bonchev–Trinajstić information content (AvgIpc) is 3.23. The van der Waals surface area contributed by atoms with Crippen molar-refractivity contribution < 1.29 is 28.6 Å². The molecule has 0 aliphatic heterocycles. The van der Waals surface area contributed by atoms with E-state index in [1.165, 1.54) is 44.9 Å². The van der Waals surface area contributed by atoms with Crippen LogP contribution in [0.2, 0.25) is 0 Å². The van der Waals surface area contributed by atoms with Crippen LogP contribution in [0.3, 0.4) is 0 Å². The van der Waals surface area contributed by atoms with Gasteiger partial charge in [-0.3, -0.25) is 14.4 Å². The third-order valence-corrected chi connectivity index (χ3v) is 9.58. The first-order valence-electron chi connectivity index (χ1n) is 23.8. The molecular weight excluding hydrogens is 733 g/mol. The summed E-state index contributed by atoms with van der Waals surface area (Å²) in [5, 5.41) is 0. The Bertz CT molecular complexity index is 1220. The molecule has 334 valence electrons. The number of hydrogen-bond donors (Lipinski definition) is 0. The van der Waals surface area contributed by atoms with E-state index in [0.717, 1.165) is 109 Å². The second-order valence-electron chi connectivity index (χ2n) is 15.3. The van der Waals surface area contributed by atoms with E-state index in [4.69, 9.17) is 14.2 Å². The molecule has 6 nitrogen and oxygen atoms in total. The Hall–Kier alpha value is -3.67. The second-order valence-corrected chi connectivity index (χ2v) is 15.3. The molecule has 0 radical (unpaired) electrons. The third-order valence-electron chi connectivity index (χ3n) is 9.58. The van der Waals surface area contributed by atoms with Crippen molar-refractivity contribution in [2.75, 3.05) is 13.2 Å². The molecule has 0 heterocycles. The van der Waals surface area contributed by atoms with Crippen molar-refractivity contribution in [2.45, 2.75) is 207 Å². The van der Waals surface area contributed by atoms with Crippen LogP contribution in [0.15, 0.2) is 97.2 Å². The predicted octanol–water partition coefficient (Wildman–Crippen LogP) is 15.4. The van der Waals surface area contributed by atoms with E-state index in [0.29, 0.717) is 12.8 Å². The second kappa shape index (κ2) is 47.0. The number of hydrogen-bond acceptors (Lipinski definition) is 6. The molecule has 0 rings (SSSR count). The first-order valence-corrected chi connectivity index (χ1v) is 23.8. The summed E-state index contributed by atoms with van der Waals surface area (Å²) < 4.78 is 16.6. The van der Waals surface area contributed by atoms with Crippen molar-refractivity contribution in [2.24, 2.45) is 0 Å². The number of unbranched alkanes of at least 4 members (excludes halogenated alkanes) is 15. The number of esters is 3. The summed E-state index contributed by atoms with van der Waals surface area (Å²) >= 11 is 0. The van der Waals surface area contributed by atoms with E-state index < -0.39 is 6.10 Å². The van der Waals surface area contributed by atoms with Crippen molar-refractivity contribution in [3.63, 3.8) is 0 Å². The van der Waals surface area contributed by atoms with E-state index in [1.807, 2.05) is 0 Å². The van der Waals surface area contributed by atoms with E-state index >= 15 is 0 Å². The Labute approximate surface area is 362 Å². The number of allylic oxidation sites excluding steroid dienone is 16. The minimum absolute atomic E-state index is 0.118. The minimum atomic E-state index is -0.819. The molecule has 0 aliphatic carbocycles. The highest BCUT2D eigenvalue weighted by molar-refractivity contribution is 5.71. The zero-order valence-corrected chi connectivity index (χ0v) is 38.0. The summed E-state index contributed by atoms with van der Waals surface area (Å²) in [5.41, 5.74) is 0. The first-order chi connectivity index (χ1) is 29.0. The quantitative estimate of drug-likeness (QED) is 0.0201. The van der Waals surface area contributed by atoms with Crippen molar-refractivity contribution in [3.05, 3.63) is 97.2 Å². The number of carbonyl (C=O) groups excluding carboxylic acids is 3. The van der Waals surface area contributed by atoms with Crippen LogP contribution in [0.1, 0.15) is 201 Å². The molecule has 0 amide bonds. The van der Waals surface area contributed by atoms with Crippen molar-refractivity contribution in [1.82, 2.24) is 0 Å². The molecule has 0 aromatic carbocycles. The molecule has 0 fully saturated rings. The maximum absolute atomic E-state index is 12.7. The SMILES string of the molecule is CC/C=C\C/C=C\C/C=C\CCCCCCC(=O)OC(COC(=O)CCC/C=C\C/C=C\C/C=C\CC)COC(=O)CCCCC/C=C\C=C/CCCCCCCCC. The van der Waals surface area contributed by atoms with Crippen molar-refractivity contribution in [3.8, 4) is 0 Å². The van der Waals surface area contributed by atoms with Gasteiger partial charge in [0.15, 0.2) is 6.10 Å². The lowest BCUT2D eigenvalue weighted by Gasteiger charge is -2.18. The van der Waals surface area contributed by atoms with Gasteiger partial charge in [0.2, 0.25) is 0 Å². The van der Waals surface area contributed by atoms with Crippen LogP contribution in [0.5, 0.6) is 0 Å². The molecular formula is C53H86O6. The van der Waals surface area contributed by atoms with Gasteiger partial charge in [-0.1, -0.05) is 176 Å². The van der Waals surface area contributed by atoms with E-state index in [2.05, 4.69) is 118 Å². The summed E-state index contributed by atoms with van der Waals surface area (Å²) in [7, 11) is 0. The van der Waals surface area contributed by atoms with Gasteiger partial charge < -0.3 is 14.2 Å². The standard InChI is InChI=1S/C53H86O6/c1-4-7-10-13-16-19-22-24-26-27-29-31-34-37-40-43-46-52(55)58-49-50(48-57-51(54)45-42-39-36-33-30-21-18-15-12-9-6-3)59-53(56)47-44-41-38-35-32-28-25-23-20-17-14-11-8-5-2/h8-9,11-12,17-18,20-21,25-29,31,33,36,50H,4-7,10,13-16,19,22-24,30,32,34-35,37-49H2,1-3H3/b11-8-,12-9-,20-17-,21-18-,27-26-,28-25-,31-29-,36-33-. The van der Waals surface area contributed by atoms with E-state index in [1.54, 1.807) is 0 Å². The largest absolute Gasteiger partial charge is 0.462 e. The van der Waals surface area contributed by atoms with E-state index in [9.17, 15) is 14.4 Å². The molecule has 1 atom stereocenters. The summed E-state index contributed by atoms with van der Waals surface area (Å²) in [6, 6.07) is 0. The van der Waals surface area contributed by atoms with Gasteiger partial charge in [0.25, 0.3) is 0 Å². The van der Waals surface area contributed by atoms with Crippen LogP contribution in [0.4, 0.5) is 0 Å². The Balaban J connectivity index is 4.52. The predicted molar refractivity (Wildman–Crippen MR) is 251 cm³/mol. The van der Waals surface area contributed by atoms with Gasteiger partial charge >= 0.3 is 17.9 Å². The lowest BCUT2D eigenvalue weighted by Crippen LogP contribution is -2.30. The van der Waals surface area contributed by atoms with Gasteiger partial charge in [-0.2, -0.15) is 0 Å². The van der Waals surface area contributed by atoms with Crippen LogP contribution >= 0.6 is 0 Å². The monoisotopic (exact) mass is 819 g/mol. The molecule has 0 spiro atoms. The maximum Gasteiger partial charge on any atom is 0.306 e. The van der Waals surface area contributed by atoms with Crippen LogP contribution < -0.4 is 0 Å². The fraction of sp³-hybridized carbons (Fsp3) is 0.642. The average molecular weight is 819 g/mol. The Kier molecular flexibility index (Phi) is 44.1. The first kappa shape index (κ1) is 55.3.